The van der Waals surface area contributed by atoms with E-state index in [1.807, 2.05) is 6.07 Å². The Morgan fingerprint density at radius 3 is 2.67 bits per heavy atom. The molecule has 0 aliphatic rings. The molecule has 24 heavy (non-hydrogen) atoms. The number of nitro benzene ring substituents is 1. The predicted molar refractivity (Wildman–Crippen MR) is 91.2 cm³/mol. The smallest absolute Gasteiger partial charge is 0.349 e. The van der Waals surface area contributed by atoms with E-state index in [2.05, 4.69) is 0 Å². The second kappa shape index (κ2) is 7.53. The molecule has 0 N–H and O–H groups in total. The van der Waals surface area contributed by atoms with Gasteiger partial charge in [-0.2, -0.15) is 5.26 Å². The number of hydrogen-bond donors (Lipinski definition) is 0. The number of esters is 1. The quantitative estimate of drug-likeness (QED) is 0.267. The van der Waals surface area contributed by atoms with Gasteiger partial charge >= 0.3 is 5.97 Å². The number of thiophene rings is 1. The SMILES string of the molecule is CC(C)OC(=O)/C(C#N)=C/c1ccc(-c2ccccc2[N+](=O)[O-])s1. The van der Waals surface area contributed by atoms with E-state index < -0.39 is 10.9 Å². The molecule has 0 aliphatic heterocycles. The minimum atomic E-state index is -0.687. The summed E-state index contributed by atoms with van der Waals surface area (Å²) < 4.78 is 5.00. The van der Waals surface area contributed by atoms with E-state index >= 15 is 0 Å². The maximum absolute atomic E-state index is 11.8. The summed E-state index contributed by atoms with van der Waals surface area (Å²) >= 11 is 1.26. The van der Waals surface area contributed by atoms with E-state index in [-0.39, 0.29) is 17.4 Å². The highest BCUT2D eigenvalue weighted by atomic mass is 32.1. The fourth-order valence-corrected chi connectivity index (χ4v) is 2.96. The first kappa shape index (κ1) is 17.4. The zero-order chi connectivity index (χ0) is 17.7. The lowest BCUT2D eigenvalue weighted by molar-refractivity contribution is -0.384. The van der Waals surface area contributed by atoms with Crippen LogP contribution in [-0.2, 0) is 9.53 Å². The van der Waals surface area contributed by atoms with Gasteiger partial charge < -0.3 is 4.74 Å². The maximum atomic E-state index is 11.8. The van der Waals surface area contributed by atoms with Crippen molar-refractivity contribution >= 4 is 29.1 Å². The molecule has 0 fully saturated rings. The highest BCUT2D eigenvalue weighted by Crippen LogP contribution is 2.35. The molecule has 6 nitrogen and oxygen atoms in total. The molecule has 2 aromatic rings. The molecule has 1 aromatic heterocycles. The number of nitro groups is 1. The minimum Gasteiger partial charge on any atom is -0.459 e. The number of ether oxygens (including phenoxy) is 1. The van der Waals surface area contributed by atoms with Crippen molar-refractivity contribution in [1.29, 1.82) is 5.26 Å². The van der Waals surface area contributed by atoms with Crippen LogP contribution in [0.4, 0.5) is 5.69 Å². The molecule has 122 valence electrons. The molecule has 0 atom stereocenters. The lowest BCUT2D eigenvalue weighted by Crippen LogP contribution is -2.12. The number of nitrogens with zero attached hydrogens (tertiary/aromatic N) is 2. The van der Waals surface area contributed by atoms with Crippen LogP contribution >= 0.6 is 11.3 Å². The molecule has 0 saturated heterocycles. The van der Waals surface area contributed by atoms with Gasteiger partial charge in [0.05, 0.1) is 16.6 Å². The van der Waals surface area contributed by atoms with Crippen molar-refractivity contribution in [3.63, 3.8) is 0 Å². The van der Waals surface area contributed by atoms with Gasteiger partial charge in [0.15, 0.2) is 0 Å². The molecule has 7 heteroatoms. The Bertz CT molecular complexity index is 846. The van der Waals surface area contributed by atoms with Crippen molar-refractivity contribution in [2.75, 3.05) is 0 Å². The van der Waals surface area contributed by atoms with Crippen LogP contribution < -0.4 is 0 Å². The Labute approximate surface area is 142 Å². The molecule has 0 unspecified atom stereocenters. The third-order valence-electron chi connectivity index (χ3n) is 2.96. The average molecular weight is 342 g/mol. The fourth-order valence-electron chi connectivity index (χ4n) is 1.97. The first-order chi connectivity index (χ1) is 11.4. The Hall–Kier alpha value is -2.98. The Morgan fingerprint density at radius 1 is 1.33 bits per heavy atom. The summed E-state index contributed by atoms with van der Waals surface area (Å²) in [5, 5.41) is 20.2. The number of benzene rings is 1. The normalized spacial score (nSPS) is 11.2. The van der Waals surface area contributed by atoms with Crippen LogP contribution in [0.25, 0.3) is 16.5 Å². The minimum absolute atomic E-state index is 0.00889. The Balaban J connectivity index is 2.35. The van der Waals surface area contributed by atoms with E-state index in [1.165, 1.54) is 23.5 Å². The van der Waals surface area contributed by atoms with Gasteiger partial charge in [0.2, 0.25) is 0 Å². The van der Waals surface area contributed by atoms with Crippen molar-refractivity contribution in [2.45, 2.75) is 20.0 Å². The maximum Gasteiger partial charge on any atom is 0.349 e. The van der Waals surface area contributed by atoms with Crippen molar-refractivity contribution in [1.82, 2.24) is 0 Å². The summed E-state index contributed by atoms with van der Waals surface area (Å²) in [6.07, 6.45) is 1.10. The molecule has 0 spiro atoms. The monoisotopic (exact) mass is 342 g/mol. The molecular formula is C17H14N2O4S. The van der Waals surface area contributed by atoms with Crippen molar-refractivity contribution in [3.05, 3.63) is 57.0 Å². The number of carbonyl (C=O) groups is 1. The highest BCUT2D eigenvalue weighted by Gasteiger charge is 2.17. The summed E-state index contributed by atoms with van der Waals surface area (Å²) in [7, 11) is 0. The zero-order valence-corrected chi connectivity index (χ0v) is 13.9. The third-order valence-corrected chi connectivity index (χ3v) is 4.03. The topological polar surface area (TPSA) is 93.2 Å². The Kier molecular flexibility index (Phi) is 5.45. The molecular weight excluding hydrogens is 328 g/mol. The van der Waals surface area contributed by atoms with Crippen molar-refractivity contribution < 1.29 is 14.5 Å². The predicted octanol–water partition coefficient (Wildman–Crippen LogP) is 4.18. The van der Waals surface area contributed by atoms with E-state index in [1.54, 1.807) is 44.2 Å². The highest BCUT2D eigenvalue weighted by molar-refractivity contribution is 7.16. The molecule has 2 rings (SSSR count). The van der Waals surface area contributed by atoms with Gasteiger partial charge in [0.25, 0.3) is 5.69 Å². The van der Waals surface area contributed by atoms with Gasteiger partial charge in [0.1, 0.15) is 11.6 Å². The molecule has 0 bridgehead atoms. The van der Waals surface area contributed by atoms with Gasteiger partial charge in [0, 0.05) is 15.8 Å². The van der Waals surface area contributed by atoms with E-state index in [4.69, 9.17) is 10.00 Å². The van der Waals surface area contributed by atoms with E-state index in [9.17, 15) is 14.9 Å². The van der Waals surface area contributed by atoms with Crippen LogP contribution in [0.5, 0.6) is 0 Å². The number of rotatable bonds is 5. The van der Waals surface area contributed by atoms with Crippen LogP contribution in [0, 0.1) is 21.4 Å². The van der Waals surface area contributed by atoms with Crippen molar-refractivity contribution in [3.8, 4) is 16.5 Å². The number of para-hydroxylation sites is 1. The zero-order valence-electron chi connectivity index (χ0n) is 13.1. The molecule has 0 aliphatic carbocycles. The van der Waals surface area contributed by atoms with Gasteiger partial charge in [-0.1, -0.05) is 12.1 Å². The molecule has 0 radical (unpaired) electrons. The number of hydrogen-bond acceptors (Lipinski definition) is 6. The number of carbonyl (C=O) groups excluding carboxylic acids is 1. The second-order valence-electron chi connectivity index (χ2n) is 5.10. The van der Waals surface area contributed by atoms with Gasteiger partial charge in [-0.05, 0) is 38.1 Å². The summed E-state index contributed by atoms with van der Waals surface area (Å²) in [5.41, 5.74) is 0.393. The first-order valence-electron chi connectivity index (χ1n) is 7.08. The standard InChI is InChI=1S/C17H14N2O4S/c1-11(2)23-17(20)12(10-18)9-13-7-8-16(24-13)14-5-3-4-6-15(14)19(21)22/h3-9,11H,1-2H3/b12-9+. The van der Waals surface area contributed by atoms with Crippen LogP contribution in [0.3, 0.4) is 0 Å². The average Bonchev–Trinajstić information content (AvgIpc) is 3.00. The fraction of sp³-hybridized carbons (Fsp3) is 0.176. The molecule has 1 aromatic carbocycles. The first-order valence-corrected chi connectivity index (χ1v) is 7.90. The summed E-state index contributed by atoms with van der Waals surface area (Å²) in [5.74, 6) is -0.687. The van der Waals surface area contributed by atoms with E-state index in [0.29, 0.717) is 15.3 Å². The lowest BCUT2D eigenvalue weighted by Gasteiger charge is -2.05. The van der Waals surface area contributed by atoms with Crippen LogP contribution in [-0.4, -0.2) is 17.0 Å². The molecule has 1 heterocycles. The second-order valence-corrected chi connectivity index (χ2v) is 6.22. The van der Waals surface area contributed by atoms with Crippen LogP contribution in [0.1, 0.15) is 18.7 Å². The molecule has 0 saturated carbocycles. The van der Waals surface area contributed by atoms with Gasteiger partial charge in [-0.15, -0.1) is 11.3 Å². The largest absolute Gasteiger partial charge is 0.459 e. The molecule has 0 amide bonds. The third kappa shape index (κ3) is 4.06. The van der Waals surface area contributed by atoms with Gasteiger partial charge in [-0.3, -0.25) is 10.1 Å². The summed E-state index contributed by atoms with van der Waals surface area (Å²) in [4.78, 5) is 23.8. The van der Waals surface area contributed by atoms with Crippen LogP contribution in [0.15, 0.2) is 42.0 Å². The van der Waals surface area contributed by atoms with E-state index in [0.717, 1.165) is 0 Å². The van der Waals surface area contributed by atoms with Crippen LogP contribution in [0.2, 0.25) is 0 Å². The summed E-state index contributed by atoms with van der Waals surface area (Å²) in [6.45, 7) is 3.40. The van der Waals surface area contributed by atoms with Crippen molar-refractivity contribution in [2.24, 2.45) is 0 Å². The number of nitriles is 1. The Morgan fingerprint density at radius 2 is 2.04 bits per heavy atom. The summed E-state index contributed by atoms with van der Waals surface area (Å²) in [6, 6.07) is 11.7. The lowest BCUT2D eigenvalue weighted by atomic mass is 10.1. The van der Waals surface area contributed by atoms with Gasteiger partial charge in [-0.25, -0.2) is 4.79 Å².